The maximum Gasteiger partial charge on any atom is 0.222 e. The average molecular weight is 290 g/mol. The van der Waals surface area contributed by atoms with Gasteiger partial charge in [0, 0.05) is 32.3 Å². The molecule has 1 atom stereocenters. The Morgan fingerprint density at radius 2 is 2.38 bits per heavy atom. The predicted octanol–water partition coefficient (Wildman–Crippen LogP) is 0.821. The van der Waals surface area contributed by atoms with Gasteiger partial charge in [-0.3, -0.25) is 4.79 Å². The molecule has 1 aliphatic carbocycles. The number of anilines is 1. The highest BCUT2D eigenvalue weighted by atomic mass is 16.3. The van der Waals surface area contributed by atoms with Crippen LogP contribution in [0.25, 0.3) is 0 Å². The first-order valence-electron chi connectivity index (χ1n) is 7.60. The summed E-state index contributed by atoms with van der Waals surface area (Å²) in [5.41, 5.74) is -0.969. The van der Waals surface area contributed by atoms with Gasteiger partial charge < -0.3 is 15.3 Å². The normalized spacial score (nSPS) is 25.7. The van der Waals surface area contributed by atoms with E-state index < -0.39 is 5.60 Å². The number of piperidine rings is 1. The van der Waals surface area contributed by atoms with Crippen molar-refractivity contribution in [3.05, 3.63) is 18.1 Å². The number of aliphatic hydroxyl groups is 1. The molecule has 2 heterocycles. The maximum absolute atomic E-state index is 11.6. The van der Waals surface area contributed by atoms with Crippen LogP contribution >= 0.6 is 0 Å². The van der Waals surface area contributed by atoms with Gasteiger partial charge in [-0.1, -0.05) is 0 Å². The first kappa shape index (κ1) is 14.3. The Morgan fingerprint density at radius 1 is 1.57 bits per heavy atom. The van der Waals surface area contributed by atoms with Gasteiger partial charge in [-0.05, 0) is 31.7 Å². The molecule has 3 rings (SSSR count). The molecule has 0 spiro atoms. The summed E-state index contributed by atoms with van der Waals surface area (Å²) in [6.45, 7) is 1.30. The van der Waals surface area contributed by atoms with Crippen LogP contribution in [0.3, 0.4) is 0 Å². The second-order valence-corrected chi connectivity index (χ2v) is 6.15. The number of β-amino-alcohol motifs (C(OH)–C–C–N with tert-alkyl or cyclic N) is 1. The first-order valence-corrected chi connectivity index (χ1v) is 7.60. The summed E-state index contributed by atoms with van der Waals surface area (Å²) >= 11 is 0. The van der Waals surface area contributed by atoms with Crippen molar-refractivity contribution in [3.8, 4) is 0 Å². The lowest BCUT2D eigenvalue weighted by Gasteiger charge is -2.39. The summed E-state index contributed by atoms with van der Waals surface area (Å²) in [7, 11) is 1.60. The molecule has 2 aliphatic rings. The number of carbonyl (C=O) groups excluding carboxylic acids is 1. The van der Waals surface area contributed by atoms with E-state index in [1.54, 1.807) is 13.2 Å². The molecule has 2 N–H and O–H groups in total. The summed E-state index contributed by atoms with van der Waals surface area (Å²) in [5.74, 6) is 2.16. The van der Waals surface area contributed by atoms with Crippen molar-refractivity contribution in [2.24, 2.45) is 0 Å². The highest BCUT2D eigenvalue weighted by Crippen LogP contribution is 2.38. The van der Waals surface area contributed by atoms with E-state index in [0.717, 1.165) is 24.6 Å². The smallest absolute Gasteiger partial charge is 0.222 e. The summed E-state index contributed by atoms with van der Waals surface area (Å²) in [5, 5.41) is 13.2. The number of rotatable bonds is 4. The fourth-order valence-corrected chi connectivity index (χ4v) is 2.92. The van der Waals surface area contributed by atoms with E-state index in [9.17, 15) is 9.90 Å². The molecule has 2 fully saturated rings. The van der Waals surface area contributed by atoms with Gasteiger partial charge in [0.1, 0.15) is 11.6 Å². The third-order valence-corrected chi connectivity index (χ3v) is 4.25. The van der Waals surface area contributed by atoms with E-state index in [4.69, 9.17) is 0 Å². The molecule has 0 aromatic carbocycles. The van der Waals surface area contributed by atoms with Crippen molar-refractivity contribution in [2.45, 2.75) is 43.6 Å². The Balaban J connectivity index is 1.73. The van der Waals surface area contributed by atoms with Crippen LogP contribution in [0.15, 0.2) is 12.3 Å². The molecule has 1 aromatic heterocycles. The Morgan fingerprint density at radius 3 is 3.10 bits per heavy atom. The van der Waals surface area contributed by atoms with Crippen molar-refractivity contribution in [3.63, 3.8) is 0 Å². The van der Waals surface area contributed by atoms with Gasteiger partial charge in [0.2, 0.25) is 5.91 Å². The number of hydrogen-bond donors (Lipinski definition) is 2. The van der Waals surface area contributed by atoms with Gasteiger partial charge in [-0.15, -0.1) is 0 Å². The molecular weight excluding hydrogens is 268 g/mol. The minimum Gasteiger partial charge on any atom is -0.388 e. The Bertz CT molecular complexity index is 532. The number of carbonyl (C=O) groups is 1. The number of hydrogen-bond acceptors (Lipinski definition) is 5. The van der Waals surface area contributed by atoms with Crippen molar-refractivity contribution >= 4 is 11.7 Å². The van der Waals surface area contributed by atoms with Gasteiger partial charge in [0.05, 0.1) is 12.0 Å². The second kappa shape index (κ2) is 5.60. The molecule has 21 heavy (non-hydrogen) atoms. The first-order chi connectivity index (χ1) is 10.1. The largest absolute Gasteiger partial charge is 0.388 e. The molecule has 114 valence electrons. The van der Waals surface area contributed by atoms with Crippen molar-refractivity contribution < 1.29 is 9.90 Å². The molecule has 6 nitrogen and oxygen atoms in total. The third-order valence-electron chi connectivity index (χ3n) is 4.25. The number of nitrogens with one attached hydrogen (secondary N) is 1. The lowest BCUT2D eigenvalue weighted by atomic mass is 9.89. The minimum atomic E-state index is -0.969. The molecule has 0 bridgehead atoms. The highest BCUT2D eigenvalue weighted by Gasteiger charge is 2.36. The highest BCUT2D eigenvalue weighted by molar-refractivity contribution is 5.76. The number of nitrogens with zero attached hydrogens (tertiary/aromatic N) is 3. The second-order valence-electron chi connectivity index (χ2n) is 6.15. The SMILES string of the molecule is CNC(=O)CC1(O)CCCN(c2ccnc(C3CC3)n2)C1. The van der Waals surface area contributed by atoms with E-state index in [1.807, 2.05) is 6.07 Å². The molecule has 0 radical (unpaired) electrons. The fraction of sp³-hybridized carbons (Fsp3) is 0.667. The summed E-state index contributed by atoms with van der Waals surface area (Å²) in [6, 6.07) is 1.89. The quantitative estimate of drug-likeness (QED) is 0.858. The Hall–Kier alpha value is -1.69. The molecule has 1 aromatic rings. The fourth-order valence-electron chi connectivity index (χ4n) is 2.92. The van der Waals surface area contributed by atoms with E-state index >= 15 is 0 Å². The van der Waals surface area contributed by atoms with E-state index in [-0.39, 0.29) is 12.3 Å². The zero-order valence-electron chi connectivity index (χ0n) is 12.4. The van der Waals surface area contributed by atoms with Crippen LogP contribution in [0.1, 0.15) is 43.8 Å². The van der Waals surface area contributed by atoms with Crippen molar-refractivity contribution in [1.82, 2.24) is 15.3 Å². The van der Waals surface area contributed by atoms with Crippen LogP contribution < -0.4 is 10.2 Å². The van der Waals surface area contributed by atoms with Crippen LogP contribution in [-0.4, -0.2) is 46.7 Å². The zero-order valence-corrected chi connectivity index (χ0v) is 12.4. The molecule has 1 aliphatic heterocycles. The summed E-state index contributed by atoms with van der Waals surface area (Å²) < 4.78 is 0. The van der Waals surface area contributed by atoms with Crippen LogP contribution in [-0.2, 0) is 4.79 Å². The number of amides is 1. The van der Waals surface area contributed by atoms with E-state index in [0.29, 0.717) is 18.9 Å². The molecule has 6 heteroatoms. The third kappa shape index (κ3) is 3.32. The Labute approximate surface area is 124 Å². The van der Waals surface area contributed by atoms with E-state index in [2.05, 4.69) is 20.2 Å². The topological polar surface area (TPSA) is 78.4 Å². The van der Waals surface area contributed by atoms with Crippen LogP contribution in [0.2, 0.25) is 0 Å². The van der Waals surface area contributed by atoms with Gasteiger partial charge in [-0.2, -0.15) is 0 Å². The predicted molar refractivity (Wildman–Crippen MR) is 79.1 cm³/mol. The monoisotopic (exact) mass is 290 g/mol. The average Bonchev–Trinajstić information content (AvgIpc) is 3.31. The van der Waals surface area contributed by atoms with Crippen molar-refractivity contribution in [2.75, 3.05) is 25.0 Å². The van der Waals surface area contributed by atoms with Gasteiger partial charge in [-0.25, -0.2) is 9.97 Å². The molecular formula is C15H22N4O2. The molecule has 1 unspecified atom stereocenters. The minimum absolute atomic E-state index is 0.124. The lowest BCUT2D eigenvalue weighted by Crippen LogP contribution is -2.50. The number of aromatic nitrogens is 2. The van der Waals surface area contributed by atoms with Gasteiger partial charge >= 0.3 is 0 Å². The molecule has 1 saturated heterocycles. The lowest BCUT2D eigenvalue weighted by molar-refractivity contribution is -0.125. The van der Waals surface area contributed by atoms with E-state index in [1.165, 1.54) is 12.8 Å². The van der Waals surface area contributed by atoms with Gasteiger partial charge in [0.25, 0.3) is 0 Å². The van der Waals surface area contributed by atoms with Crippen LogP contribution in [0.5, 0.6) is 0 Å². The zero-order chi connectivity index (χ0) is 14.9. The summed E-state index contributed by atoms with van der Waals surface area (Å²) in [6.07, 6.45) is 5.78. The molecule has 1 amide bonds. The molecule has 1 saturated carbocycles. The summed E-state index contributed by atoms with van der Waals surface area (Å²) in [4.78, 5) is 22.6. The Kier molecular flexibility index (Phi) is 3.80. The van der Waals surface area contributed by atoms with Crippen LogP contribution in [0.4, 0.5) is 5.82 Å². The van der Waals surface area contributed by atoms with Crippen molar-refractivity contribution in [1.29, 1.82) is 0 Å². The standard InChI is InChI=1S/C15H22N4O2/c1-16-13(20)9-15(21)6-2-8-19(10-15)12-5-7-17-14(18-12)11-3-4-11/h5,7,11,21H,2-4,6,8-10H2,1H3,(H,16,20). The maximum atomic E-state index is 11.6. The van der Waals surface area contributed by atoms with Gasteiger partial charge in [0.15, 0.2) is 0 Å². The van der Waals surface area contributed by atoms with Crippen LogP contribution in [0, 0.1) is 0 Å².